The summed E-state index contributed by atoms with van der Waals surface area (Å²) in [6.45, 7) is 6.13. The molecule has 0 unspecified atom stereocenters. The smallest absolute Gasteiger partial charge is 0.269 e. The summed E-state index contributed by atoms with van der Waals surface area (Å²) in [5.74, 6) is -0.0708. The van der Waals surface area contributed by atoms with Gasteiger partial charge in [-0.25, -0.2) is 8.42 Å². The van der Waals surface area contributed by atoms with Crippen molar-refractivity contribution in [2.45, 2.75) is 25.7 Å². The number of non-ortho nitro benzene ring substituents is 1. The van der Waals surface area contributed by atoms with Crippen LogP contribution in [0.2, 0.25) is 0 Å². The van der Waals surface area contributed by atoms with Crippen LogP contribution >= 0.6 is 0 Å². The zero-order valence-corrected chi connectivity index (χ0v) is 16.0. The molecule has 2 rings (SSSR count). The molecule has 0 aromatic heterocycles. The fourth-order valence-corrected chi connectivity index (χ4v) is 3.35. The third-order valence-electron chi connectivity index (χ3n) is 3.77. The second-order valence-electron chi connectivity index (χ2n) is 6.49. The maximum absolute atomic E-state index is 12.6. The molecule has 0 spiro atoms. The SMILES string of the molecule is Cc1ccc(S(=O)(=O)Nc2ccc([N+](=O)[O-])cc2)cc1C(=O)NCC(C)C. The highest BCUT2D eigenvalue weighted by molar-refractivity contribution is 7.92. The Balaban J connectivity index is 2.26. The first-order chi connectivity index (χ1) is 12.6. The van der Waals surface area contributed by atoms with Crippen LogP contribution in [-0.4, -0.2) is 25.8 Å². The third kappa shape index (κ3) is 5.27. The van der Waals surface area contributed by atoms with Gasteiger partial charge in [-0.05, 0) is 42.7 Å². The highest BCUT2D eigenvalue weighted by Gasteiger charge is 2.19. The van der Waals surface area contributed by atoms with Gasteiger partial charge in [0.05, 0.1) is 9.82 Å². The van der Waals surface area contributed by atoms with Gasteiger partial charge in [0.15, 0.2) is 0 Å². The molecule has 0 fully saturated rings. The number of hydrogen-bond acceptors (Lipinski definition) is 5. The van der Waals surface area contributed by atoms with Crippen LogP contribution < -0.4 is 10.0 Å². The van der Waals surface area contributed by atoms with Crippen LogP contribution in [-0.2, 0) is 10.0 Å². The quantitative estimate of drug-likeness (QED) is 0.555. The number of hydrogen-bond donors (Lipinski definition) is 2. The topological polar surface area (TPSA) is 118 Å². The van der Waals surface area contributed by atoms with Crippen molar-refractivity contribution in [2.24, 2.45) is 5.92 Å². The number of nitrogens with one attached hydrogen (secondary N) is 2. The predicted octanol–water partition coefficient (Wildman–Crippen LogP) is 3.09. The molecule has 0 saturated heterocycles. The van der Waals surface area contributed by atoms with Gasteiger partial charge in [0.1, 0.15) is 0 Å². The molecular formula is C18H21N3O5S. The Morgan fingerprint density at radius 2 is 1.78 bits per heavy atom. The molecule has 9 heteroatoms. The number of nitro groups is 1. The summed E-state index contributed by atoms with van der Waals surface area (Å²) in [7, 11) is -3.95. The molecule has 0 radical (unpaired) electrons. The van der Waals surface area contributed by atoms with Crippen molar-refractivity contribution >= 4 is 27.3 Å². The number of nitro benzene ring substituents is 1. The van der Waals surface area contributed by atoms with E-state index >= 15 is 0 Å². The summed E-state index contributed by atoms with van der Waals surface area (Å²) >= 11 is 0. The molecule has 1 amide bonds. The minimum atomic E-state index is -3.95. The molecule has 8 nitrogen and oxygen atoms in total. The molecule has 0 saturated carbocycles. The maximum Gasteiger partial charge on any atom is 0.269 e. The summed E-state index contributed by atoms with van der Waals surface area (Å²) < 4.78 is 27.5. The van der Waals surface area contributed by atoms with Crippen LogP contribution in [0.15, 0.2) is 47.4 Å². The first-order valence-corrected chi connectivity index (χ1v) is 9.74. The molecule has 2 aromatic carbocycles. The standard InChI is InChI=1S/C18H21N3O5S/c1-12(2)11-19-18(22)17-10-16(9-4-13(17)3)27(25,26)20-14-5-7-15(8-6-14)21(23)24/h4-10,12,20H,11H2,1-3H3,(H,19,22). The Labute approximate surface area is 157 Å². The van der Waals surface area contributed by atoms with Gasteiger partial charge in [-0.1, -0.05) is 19.9 Å². The average Bonchev–Trinajstić information content (AvgIpc) is 2.60. The van der Waals surface area contributed by atoms with E-state index in [4.69, 9.17) is 0 Å². The number of anilines is 1. The lowest BCUT2D eigenvalue weighted by Gasteiger charge is -2.12. The Bertz CT molecular complexity index is 953. The minimum absolute atomic E-state index is 0.0684. The number of benzene rings is 2. The van der Waals surface area contributed by atoms with Gasteiger partial charge in [0.25, 0.3) is 21.6 Å². The molecule has 0 heterocycles. The Hall–Kier alpha value is -2.94. The summed E-state index contributed by atoms with van der Waals surface area (Å²) in [6, 6.07) is 9.31. The fourth-order valence-electron chi connectivity index (χ4n) is 2.27. The molecule has 0 aliphatic rings. The average molecular weight is 391 g/mol. The zero-order chi connectivity index (χ0) is 20.2. The van der Waals surface area contributed by atoms with E-state index in [9.17, 15) is 23.3 Å². The monoisotopic (exact) mass is 391 g/mol. The molecule has 144 valence electrons. The predicted molar refractivity (Wildman–Crippen MR) is 102 cm³/mol. The first-order valence-electron chi connectivity index (χ1n) is 8.26. The van der Waals surface area contributed by atoms with E-state index in [1.807, 2.05) is 13.8 Å². The Morgan fingerprint density at radius 1 is 1.15 bits per heavy atom. The summed E-state index contributed by atoms with van der Waals surface area (Å²) in [4.78, 5) is 22.4. The van der Waals surface area contributed by atoms with E-state index < -0.39 is 14.9 Å². The Morgan fingerprint density at radius 3 is 2.33 bits per heavy atom. The van der Waals surface area contributed by atoms with Crippen molar-refractivity contribution in [2.75, 3.05) is 11.3 Å². The van der Waals surface area contributed by atoms with Crippen LogP contribution in [0.3, 0.4) is 0 Å². The van der Waals surface area contributed by atoms with Crippen molar-refractivity contribution in [3.8, 4) is 0 Å². The molecule has 0 atom stereocenters. The van der Waals surface area contributed by atoms with Crippen LogP contribution in [0.25, 0.3) is 0 Å². The number of nitrogens with zero attached hydrogens (tertiary/aromatic N) is 1. The number of carbonyl (C=O) groups excluding carboxylic acids is 1. The molecule has 0 bridgehead atoms. The number of aryl methyl sites for hydroxylation is 1. The van der Waals surface area contributed by atoms with E-state index in [2.05, 4.69) is 10.0 Å². The van der Waals surface area contributed by atoms with Crippen LogP contribution in [0.5, 0.6) is 0 Å². The van der Waals surface area contributed by atoms with Crippen LogP contribution in [0, 0.1) is 23.0 Å². The van der Waals surface area contributed by atoms with E-state index in [0.29, 0.717) is 12.1 Å². The van der Waals surface area contributed by atoms with Gasteiger partial charge >= 0.3 is 0 Å². The van der Waals surface area contributed by atoms with Crippen molar-refractivity contribution in [1.82, 2.24) is 5.32 Å². The molecule has 27 heavy (non-hydrogen) atoms. The number of amides is 1. The van der Waals surface area contributed by atoms with Gasteiger partial charge in [-0.3, -0.25) is 19.6 Å². The van der Waals surface area contributed by atoms with E-state index in [-0.39, 0.29) is 33.7 Å². The molecule has 2 N–H and O–H groups in total. The van der Waals surface area contributed by atoms with E-state index in [1.54, 1.807) is 13.0 Å². The summed E-state index contributed by atoms with van der Waals surface area (Å²) in [6.07, 6.45) is 0. The van der Waals surface area contributed by atoms with Crippen molar-refractivity contribution in [3.05, 3.63) is 63.7 Å². The maximum atomic E-state index is 12.6. The molecular weight excluding hydrogens is 370 g/mol. The Kier molecular flexibility index (Phi) is 6.17. The number of rotatable bonds is 7. The minimum Gasteiger partial charge on any atom is -0.352 e. The van der Waals surface area contributed by atoms with Crippen molar-refractivity contribution in [1.29, 1.82) is 0 Å². The van der Waals surface area contributed by atoms with Gasteiger partial charge in [-0.2, -0.15) is 0 Å². The zero-order valence-electron chi connectivity index (χ0n) is 15.2. The molecule has 0 aliphatic carbocycles. The second kappa shape index (κ2) is 8.17. The van der Waals surface area contributed by atoms with Gasteiger partial charge in [0, 0.05) is 29.9 Å². The van der Waals surface area contributed by atoms with Crippen molar-refractivity contribution in [3.63, 3.8) is 0 Å². The molecule has 2 aromatic rings. The highest BCUT2D eigenvalue weighted by Crippen LogP contribution is 2.21. The second-order valence-corrected chi connectivity index (χ2v) is 8.17. The fraction of sp³-hybridized carbons (Fsp3) is 0.278. The van der Waals surface area contributed by atoms with Crippen LogP contribution in [0.1, 0.15) is 29.8 Å². The molecule has 0 aliphatic heterocycles. The summed E-state index contributed by atoms with van der Waals surface area (Å²) in [5.41, 5.74) is 0.983. The van der Waals surface area contributed by atoms with Crippen molar-refractivity contribution < 1.29 is 18.1 Å². The lowest BCUT2D eigenvalue weighted by Crippen LogP contribution is -2.28. The summed E-state index contributed by atoms with van der Waals surface area (Å²) in [5, 5.41) is 13.4. The number of sulfonamides is 1. The van der Waals surface area contributed by atoms with Crippen LogP contribution in [0.4, 0.5) is 11.4 Å². The lowest BCUT2D eigenvalue weighted by atomic mass is 10.1. The van der Waals surface area contributed by atoms with Gasteiger partial charge in [0.2, 0.25) is 0 Å². The lowest BCUT2D eigenvalue weighted by molar-refractivity contribution is -0.384. The van der Waals surface area contributed by atoms with Gasteiger partial charge < -0.3 is 5.32 Å². The third-order valence-corrected chi connectivity index (χ3v) is 5.14. The van der Waals surface area contributed by atoms with E-state index in [1.165, 1.54) is 36.4 Å². The first kappa shape index (κ1) is 20.4. The van der Waals surface area contributed by atoms with Gasteiger partial charge in [-0.15, -0.1) is 0 Å². The highest BCUT2D eigenvalue weighted by atomic mass is 32.2. The number of carbonyl (C=O) groups is 1. The largest absolute Gasteiger partial charge is 0.352 e. The van der Waals surface area contributed by atoms with E-state index in [0.717, 1.165) is 0 Å². The normalized spacial score (nSPS) is 11.3.